The maximum atomic E-state index is 14.2. The number of nitrogens with zero attached hydrogens (tertiary/aromatic N) is 4. The Morgan fingerprint density at radius 2 is 1.88 bits per heavy atom. The summed E-state index contributed by atoms with van der Waals surface area (Å²) in [6.45, 7) is 4.19. The average Bonchev–Trinajstić information content (AvgIpc) is 3.43. The monoisotopic (exact) mass is 671 g/mol. The zero-order chi connectivity index (χ0) is 33.5. The lowest BCUT2D eigenvalue weighted by molar-refractivity contribution is 0.0954. The van der Waals surface area contributed by atoms with Crippen LogP contribution in [0.15, 0.2) is 78.9 Å². The minimum atomic E-state index is -0.398. The molecule has 0 atom stereocenters. The van der Waals surface area contributed by atoms with Crippen molar-refractivity contribution in [3.63, 3.8) is 0 Å². The number of halogens is 2. The van der Waals surface area contributed by atoms with Crippen LogP contribution in [-0.2, 0) is 30.9 Å². The number of imidazole rings is 1. The number of hydrogen-bond acceptors (Lipinski definition) is 7. The predicted octanol–water partition coefficient (Wildman–Crippen LogP) is 6.51. The van der Waals surface area contributed by atoms with Crippen molar-refractivity contribution >= 4 is 28.5 Å². The van der Waals surface area contributed by atoms with Gasteiger partial charge >= 0.3 is 0 Å². The highest BCUT2D eigenvalue weighted by Crippen LogP contribution is 2.29. The summed E-state index contributed by atoms with van der Waals surface area (Å²) in [5.41, 5.74) is 4.65. The topological polar surface area (TPSA) is 102 Å². The summed E-state index contributed by atoms with van der Waals surface area (Å²) in [4.78, 5) is 25.1. The first-order valence-electron chi connectivity index (χ1n) is 16.2. The second-order valence-corrected chi connectivity index (χ2v) is 12.5. The number of phenols is 1. The highest BCUT2D eigenvalue weighted by molar-refractivity contribution is 6.30. The zero-order valence-electron chi connectivity index (χ0n) is 26.9. The van der Waals surface area contributed by atoms with E-state index >= 15 is 0 Å². The van der Waals surface area contributed by atoms with Crippen LogP contribution in [0, 0.1) is 5.82 Å². The predicted molar refractivity (Wildman–Crippen MR) is 183 cm³/mol. The zero-order valence-corrected chi connectivity index (χ0v) is 27.6. The number of carbonyl (C=O) groups excluding carboxylic acids is 1. The summed E-state index contributed by atoms with van der Waals surface area (Å²) in [6, 6.07) is 23.0. The number of hydrogen-bond donors (Lipinski definition) is 2. The fourth-order valence-corrected chi connectivity index (χ4v) is 6.28. The molecule has 2 aromatic heterocycles. The smallest absolute Gasteiger partial charge is 0.251 e. The van der Waals surface area contributed by atoms with Gasteiger partial charge in [-0.15, -0.1) is 0 Å². The standard InChI is InChI=1S/C37H39ClFN5O4/c1-47-19-18-44-34-11-9-27(37(46)40-15-12-25-4-2-5-30(45)20-25)21-33(34)41-35(44)23-43-16-13-26(14-17-43)32-6-3-7-36(42-32)48-24-28-8-10-29(38)22-31(28)39/h2-11,20-22,26,45H,12-19,23-24H2,1H3,(H,40,46). The second-order valence-electron chi connectivity index (χ2n) is 12.0. The number of aromatic hydroxyl groups is 1. The van der Waals surface area contributed by atoms with Crippen LogP contribution in [0.2, 0.25) is 5.02 Å². The summed E-state index contributed by atoms with van der Waals surface area (Å²) in [5.74, 6) is 1.36. The molecular weight excluding hydrogens is 633 g/mol. The molecular formula is C37H39ClFN5O4. The van der Waals surface area contributed by atoms with Gasteiger partial charge in [-0.3, -0.25) is 9.69 Å². The molecule has 5 aromatic rings. The number of likely N-dealkylation sites (tertiary alicyclic amines) is 1. The molecule has 1 saturated heterocycles. The van der Waals surface area contributed by atoms with E-state index in [2.05, 4.69) is 14.8 Å². The van der Waals surface area contributed by atoms with Crippen molar-refractivity contribution in [3.05, 3.63) is 118 Å². The van der Waals surface area contributed by atoms with Gasteiger partial charge in [0, 0.05) is 54.0 Å². The molecule has 250 valence electrons. The second kappa shape index (κ2) is 15.6. The van der Waals surface area contributed by atoms with E-state index in [1.54, 1.807) is 43.5 Å². The van der Waals surface area contributed by atoms with Crippen LogP contribution in [0.3, 0.4) is 0 Å². The number of rotatable bonds is 13. The van der Waals surface area contributed by atoms with Crippen LogP contribution in [0.25, 0.3) is 11.0 Å². The Labute approximate surface area is 284 Å². The molecule has 11 heteroatoms. The maximum absolute atomic E-state index is 14.2. The lowest BCUT2D eigenvalue weighted by atomic mass is 9.93. The van der Waals surface area contributed by atoms with Crippen molar-refractivity contribution < 1.29 is 23.8 Å². The number of methoxy groups -OCH3 is 1. The Bertz CT molecular complexity index is 1870. The maximum Gasteiger partial charge on any atom is 0.251 e. The summed E-state index contributed by atoms with van der Waals surface area (Å²) in [7, 11) is 1.69. The fraction of sp³-hybridized carbons (Fsp3) is 0.324. The third-order valence-corrected chi connectivity index (χ3v) is 8.96. The van der Waals surface area contributed by atoms with E-state index in [4.69, 9.17) is 31.0 Å². The first-order chi connectivity index (χ1) is 23.4. The number of aromatic nitrogens is 3. The van der Waals surface area contributed by atoms with Gasteiger partial charge in [0.2, 0.25) is 5.88 Å². The summed E-state index contributed by atoms with van der Waals surface area (Å²) < 4.78 is 27.6. The summed E-state index contributed by atoms with van der Waals surface area (Å²) in [5, 5.41) is 13.0. The molecule has 3 aromatic carbocycles. The van der Waals surface area contributed by atoms with E-state index in [0.29, 0.717) is 54.7 Å². The molecule has 1 aliphatic rings. The Morgan fingerprint density at radius 3 is 2.67 bits per heavy atom. The first-order valence-corrected chi connectivity index (χ1v) is 16.5. The fourth-order valence-electron chi connectivity index (χ4n) is 6.12. The average molecular weight is 672 g/mol. The molecule has 48 heavy (non-hydrogen) atoms. The highest BCUT2D eigenvalue weighted by atomic mass is 35.5. The van der Waals surface area contributed by atoms with Crippen molar-refractivity contribution in [2.45, 2.75) is 44.9 Å². The Kier molecular flexibility index (Phi) is 10.8. The normalized spacial score (nSPS) is 14.0. The van der Waals surface area contributed by atoms with Crippen molar-refractivity contribution in [2.24, 2.45) is 0 Å². The van der Waals surface area contributed by atoms with Gasteiger partial charge in [0.15, 0.2) is 0 Å². The van der Waals surface area contributed by atoms with Crippen LogP contribution in [-0.4, -0.2) is 63.8 Å². The van der Waals surface area contributed by atoms with Crippen molar-refractivity contribution in [2.75, 3.05) is 33.4 Å². The molecule has 1 amide bonds. The Balaban J connectivity index is 1.07. The molecule has 0 aliphatic carbocycles. The molecule has 6 rings (SSSR count). The lowest BCUT2D eigenvalue weighted by Crippen LogP contribution is -2.33. The van der Waals surface area contributed by atoms with Crippen molar-refractivity contribution in [1.29, 1.82) is 0 Å². The van der Waals surface area contributed by atoms with Crippen LogP contribution in [0.4, 0.5) is 4.39 Å². The molecule has 1 aliphatic heterocycles. The molecule has 9 nitrogen and oxygen atoms in total. The largest absolute Gasteiger partial charge is 0.508 e. The summed E-state index contributed by atoms with van der Waals surface area (Å²) in [6.07, 6.45) is 2.50. The number of piperidine rings is 1. The van der Waals surface area contributed by atoms with E-state index in [9.17, 15) is 14.3 Å². The number of nitrogens with one attached hydrogen (secondary N) is 1. The number of fused-ring (bicyclic) bond motifs is 1. The van der Waals surface area contributed by atoms with Crippen LogP contribution in [0.5, 0.6) is 11.6 Å². The van der Waals surface area contributed by atoms with Gasteiger partial charge in [0.1, 0.15) is 24.0 Å². The third-order valence-electron chi connectivity index (χ3n) is 8.72. The number of pyridine rings is 1. The number of ether oxygens (including phenoxy) is 2. The van der Waals surface area contributed by atoms with Crippen LogP contribution in [0.1, 0.15) is 51.8 Å². The number of amides is 1. The van der Waals surface area contributed by atoms with E-state index in [1.165, 1.54) is 6.07 Å². The van der Waals surface area contributed by atoms with Crippen LogP contribution >= 0.6 is 11.6 Å². The first kappa shape index (κ1) is 33.4. The molecule has 0 saturated carbocycles. The van der Waals surface area contributed by atoms with Gasteiger partial charge in [-0.1, -0.05) is 35.9 Å². The van der Waals surface area contributed by atoms with Gasteiger partial charge < -0.3 is 24.5 Å². The SMILES string of the molecule is COCCn1c(CN2CCC(c3cccc(OCc4ccc(Cl)cc4F)n3)CC2)nc2cc(C(=O)NCCc3cccc(O)c3)ccc21. The summed E-state index contributed by atoms with van der Waals surface area (Å²) >= 11 is 5.87. The minimum absolute atomic E-state index is 0.0779. The third kappa shape index (κ3) is 8.31. The Hall–Kier alpha value is -4.51. The van der Waals surface area contributed by atoms with Crippen molar-refractivity contribution in [1.82, 2.24) is 24.8 Å². The molecule has 0 bridgehead atoms. The molecule has 1 fully saturated rings. The molecule has 0 radical (unpaired) electrons. The molecule has 0 spiro atoms. The quantitative estimate of drug-likeness (QED) is 0.147. The molecule has 0 unspecified atom stereocenters. The van der Waals surface area contributed by atoms with E-state index < -0.39 is 5.82 Å². The molecule has 3 heterocycles. The number of carbonyl (C=O) groups is 1. The number of phenolic OH excluding ortho intramolecular Hbond substituents is 1. The van der Waals surface area contributed by atoms with E-state index in [-0.39, 0.29) is 24.2 Å². The van der Waals surface area contributed by atoms with Gasteiger partial charge in [-0.2, -0.15) is 0 Å². The Morgan fingerprint density at radius 1 is 1.04 bits per heavy atom. The van der Waals surface area contributed by atoms with Gasteiger partial charge in [-0.05, 0) is 86.4 Å². The van der Waals surface area contributed by atoms with Crippen LogP contribution < -0.4 is 10.1 Å². The number of benzene rings is 3. The minimum Gasteiger partial charge on any atom is -0.508 e. The van der Waals surface area contributed by atoms with E-state index in [1.807, 2.05) is 36.4 Å². The highest BCUT2D eigenvalue weighted by Gasteiger charge is 2.24. The van der Waals surface area contributed by atoms with Crippen molar-refractivity contribution in [3.8, 4) is 11.6 Å². The van der Waals surface area contributed by atoms with E-state index in [0.717, 1.165) is 54.0 Å². The lowest BCUT2D eigenvalue weighted by Gasteiger charge is -2.31. The van der Waals surface area contributed by atoms with Gasteiger partial charge in [0.25, 0.3) is 5.91 Å². The molecule has 2 N–H and O–H groups in total. The van der Waals surface area contributed by atoms with Gasteiger partial charge in [0.05, 0.1) is 24.2 Å². The van der Waals surface area contributed by atoms with Gasteiger partial charge in [-0.25, -0.2) is 14.4 Å².